The van der Waals surface area contributed by atoms with E-state index in [4.69, 9.17) is 21.1 Å². The molecule has 4 rings (SSSR count). The Balaban J connectivity index is 1.63. The number of nitrogens with one attached hydrogen (secondary N) is 1. The van der Waals surface area contributed by atoms with E-state index in [2.05, 4.69) is 21.2 Å². The minimum atomic E-state index is -0.844. The van der Waals surface area contributed by atoms with Crippen molar-refractivity contribution in [3.8, 4) is 11.5 Å². The van der Waals surface area contributed by atoms with E-state index in [1.165, 1.54) is 30.3 Å². The van der Waals surface area contributed by atoms with Crippen LogP contribution in [-0.4, -0.2) is 30.4 Å². The molecule has 0 radical (unpaired) electrons. The average molecular weight is 570 g/mol. The van der Waals surface area contributed by atoms with Gasteiger partial charge in [0.15, 0.2) is 11.5 Å². The number of esters is 1. The Morgan fingerprint density at radius 1 is 1.00 bits per heavy atom. The van der Waals surface area contributed by atoms with Crippen molar-refractivity contribution in [1.29, 1.82) is 0 Å². The molecule has 4 amide bonds. The van der Waals surface area contributed by atoms with Gasteiger partial charge < -0.3 is 9.47 Å². The fourth-order valence-electron chi connectivity index (χ4n) is 3.36. The second-order valence-corrected chi connectivity index (χ2v) is 8.82. The highest BCUT2D eigenvalue weighted by Crippen LogP contribution is 2.31. The maximum Gasteiger partial charge on any atom is 0.343 e. The predicted octanol–water partition coefficient (Wildman–Crippen LogP) is 5.39. The van der Waals surface area contributed by atoms with Crippen LogP contribution in [0.15, 0.2) is 76.8 Å². The molecule has 1 fully saturated rings. The molecule has 0 spiro atoms. The molecule has 182 valence electrons. The lowest BCUT2D eigenvalue weighted by Crippen LogP contribution is -2.54. The lowest BCUT2D eigenvalue weighted by atomic mass is 10.1. The zero-order valence-corrected chi connectivity index (χ0v) is 21.1. The van der Waals surface area contributed by atoms with Gasteiger partial charge in [-0.25, -0.2) is 14.5 Å². The van der Waals surface area contributed by atoms with E-state index in [-0.39, 0.29) is 23.7 Å². The second-order valence-electron chi connectivity index (χ2n) is 7.47. The number of barbiturate groups is 1. The molecule has 1 saturated heterocycles. The molecule has 1 heterocycles. The van der Waals surface area contributed by atoms with Gasteiger partial charge in [-0.1, -0.05) is 33.6 Å². The number of carbonyl (C=O) groups is 4. The van der Waals surface area contributed by atoms with Gasteiger partial charge in [0.25, 0.3) is 11.8 Å². The zero-order chi connectivity index (χ0) is 25.8. The third-order valence-electron chi connectivity index (χ3n) is 5.05. The molecule has 0 saturated carbocycles. The normalized spacial score (nSPS) is 14.6. The summed E-state index contributed by atoms with van der Waals surface area (Å²) in [4.78, 5) is 51.4. The third kappa shape index (κ3) is 5.48. The molecule has 1 aliphatic heterocycles. The van der Waals surface area contributed by atoms with E-state index >= 15 is 0 Å². The van der Waals surface area contributed by atoms with Gasteiger partial charge in [-0.2, -0.15) is 0 Å². The first kappa shape index (κ1) is 25.2. The van der Waals surface area contributed by atoms with Crippen molar-refractivity contribution in [2.45, 2.75) is 6.92 Å². The van der Waals surface area contributed by atoms with Crippen molar-refractivity contribution >= 4 is 63.1 Å². The third-order valence-corrected chi connectivity index (χ3v) is 5.83. The summed E-state index contributed by atoms with van der Waals surface area (Å²) in [5.74, 6) is -1.82. The number of nitrogens with zero attached hydrogens (tertiary/aromatic N) is 1. The van der Waals surface area contributed by atoms with Gasteiger partial charge in [-0.3, -0.25) is 14.9 Å². The first-order chi connectivity index (χ1) is 17.3. The highest BCUT2D eigenvalue weighted by molar-refractivity contribution is 9.10. The van der Waals surface area contributed by atoms with Crippen LogP contribution in [-0.2, 0) is 9.59 Å². The van der Waals surface area contributed by atoms with Crippen LogP contribution in [0.25, 0.3) is 6.08 Å². The highest BCUT2D eigenvalue weighted by Gasteiger charge is 2.36. The van der Waals surface area contributed by atoms with Crippen LogP contribution in [0.4, 0.5) is 10.5 Å². The van der Waals surface area contributed by atoms with Gasteiger partial charge >= 0.3 is 12.0 Å². The standard InChI is InChI=1S/C26H18BrClN2O6/c1-2-35-22-14-15(3-12-21(22)36-25(33)16-4-8-18(28)9-5-16)13-20-23(31)29-26(34)30(24(20)32)19-10-6-17(27)7-11-19/h3-14H,2H2,1H3,(H,29,31,34)/b20-13+. The average Bonchev–Trinajstić information content (AvgIpc) is 2.85. The van der Waals surface area contributed by atoms with Crippen LogP contribution in [0.3, 0.4) is 0 Å². The number of carbonyl (C=O) groups excluding carboxylic acids is 4. The Hall–Kier alpha value is -3.95. The predicted molar refractivity (Wildman–Crippen MR) is 137 cm³/mol. The summed E-state index contributed by atoms with van der Waals surface area (Å²) in [5, 5.41) is 2.67. The summed E-state index contributed by atoms with van der Waals surface area (Å²) in [7, 11) is 0. The summed E-state index contributed by atoms with van der Waals surface area (Å²) >= 11 is 9.17. The molecule has 8 nitrogen and oxygen atoms in total. The Kier molecular flexibility index (Phi) is 7.52. The van der Waals surface area contributed by atoms with Crippen LogP contribution in [0.1, 0.15) is 22.8 Å². The number of amides is 4. The van der Waals surface area contributed by atoms with Crippen LogP contribution in [0, 0.1) is 0 Å². The van der Waals surface area contributed by atoms with Crippen LogP contribution < -0.4 is 19.7 Å². The van der Waals surface area contributed by atoms with Crippen LogP contribution in [0.2, 0.25) is 5.02 Å². The van der Waals surface area contributed by atoms with Crippen molar-refractivity contribution in [1.82, 2.24) is 5.32 Å². The fourth-order valence-corrected chi connectivity index (χ4v) is 3.75. The molecule has 1 aliphatic rings. The van der Waals surface area contributed by atoms with E-state index < -0.39 is 23.8 Å². The Morgan fingerprint density at radius 3 is 2.36 bits per heavy atom. The second kappa shape index (κ2) is 10.8. The SMILES string of the molecule is CCOc1cc(/C=C2\C(=O)NC(=O)N(c3ccc(Br)cc3)C2=O)ccc1OC(=O)c1ccc(Cl)cc1. The molecule has 0 bridgehead atoms. The van der Waals surface area contributed by atoms with Gasteiger partial charge in [-0.15, -0.1) is 0 Å². The molecule has 10 heteroatoms. The van der Waals surface area contributed by atoms with E-state index in [0.717, 1.165) is 9.37 Å². The summed E-state index contributed by atoms with van der Waals surface area (Å²) in [6.45, 7) is 2.03. The summed E-state index contributed by atoms with van der Waals surface area (Å²) in [5.41, 5.74) is 0.785. The van der Waals surface area contributed by atoms with Crippen molar-refractivity contribution in [3.63, 3.8) is 0 Å². The first-order valence-corrected chi connectivity index (χ1v) is 11.9. The Labute approximate surface area is 219 Å². The molecule has 36 heavy (non-hydrogen) atoms. The number of halogens is 2. The lowest BCUT2D eigenvalue weighted by Gasteiger charge is -2.26. The van der Waals surface area contributed by atoms with Crippen molar-refractivity contribution in [3.05, 3.63) is 92.9 Å². The number of ether oxygens (including phenoxy) is 2. The minimum absolute atomic E-state index is 0.157. The highest BCUT2D eigenvalue weighted by atomic mass is 79.9. The van der Waals surface area contributed by atoms with E-state index in [9.17, 15) is 19.2 Å². The molecule has 3 aromatic carbocycles. The number of rotatable bonds is 6. The van der Waals surface area contributed by atoms with Gasteiger partial charge in [0.1, 0.15) is 5.57 Å². The van der Waals surface area contributed by atoms with Gasteiger partial charge in [0, 0.05) is 9.50 Å². The lowest BCUT2D eigenvalue weighted by molar-refractivity contribution is -0.122. The van der Waals surface area contributed by atoms with Crippen LogP contribution >= 0.6 is 27.5 Å². The number of urea groups is 1. The van der Waals surface area contributed by atoms with Gasteiger partial charge in [0.05, 0.1) is 17.9 Å². The fraction of sp³-hybridized carbons (Fsp3) is 0.0769. The maximum atomic E-state index is 13.1. The number of hydrogen-bond donors (Lipinski definition) is 1. The van der Waals surface area contributed by atoms with Crippen molar-refractivity contribution < 1.29 is 28.7 Å². The Bertz CT molecular complexity index is 1390. The first-order valence-electron chi connectivity index (χ1n) is 10.7. The number of hydrogen-bond acceptors (Lipinski definition) is 6. The topological polar surface area (TPSA) is 102 Å². The molecule has 0 aromatic heterocycles. The van der Waals surface area contributed by atoms with Crippen LogP contribution in [0.5, 0.6) is 11.5 Å². The zero-order valence-electron chi connectivity index (χ0n) is 18.8. The molecular weight excluding hydrogens is 552 g/mol. The molecule has 0 atom stereocenters. The minimum Gasteiger partial charge on any atom is -0.490 e. The van der Waals surface area contributed by atoms with E-state index in [1.807, 2.05) is 0 Å². The van der Waals surface area contributed by atoms with Crippen molar-refractivity contribution in [2.75, 3.05) is 11.5 Å². The van der Waals surface area contributed by atoms with Gasteiger partial charge in [0.2, 0.25) is 0 Å². The number of imide groups is 2. The molecule has 1 N–H and O–H groups in total. The molecule has 0 aliphatic carbocycles. The summed E-state index contributed by atoms with van der Waals surface area (Å²) in [6, 6.07) is 16.5. The maximum absolute atomic E-state index is 13.1. The largest absolute Gasteiger partial charge is 0.490 e. The molecule has 3 aromatic rings. The monoisotopic (exact) mass is 568 g/mol. The number of anilines is 1. The van der Waals surface area contributed by atoms with E-state index in [0.29, 0.717) is 21.8 Å². The summed E-state index contributed by atoms with van der Waals surface area (Å²) in [6.07, 6.45) is 1.34. The Morgan fingerprint density at radius 2 is 1.69 bits per heavy atom. The molecule has 0 unspecified atom stereocenters. The van der Waals surface area contributed by atoms with E-state index in [1.54, 1.807) is 49.4 Å². The van der Waals surface area contributed by atoms with Crippen molar-refractivity contribution in [2.24, 2.45) is 0 Å². The summed E-state index contributed by atoms with van der Waals surface area (Å²) < 4.78 is 11.9. The number of benzene rings is 3. The van der Waals surface area contributed by atoms with Gasteiger partial charge in [-0.05, 0) is 79.2 Å². The molecular formula is C26H18BrClN2O6. The smallest absolute Gasteiger partial charge is 0.343 e. The quantitative estimate of drug-likeness (QED) is 0.185.